The number of amides is 6. The Morgan fingerprint density at radius 1 is 0.830 bits per heavy atom. The summed E-state index contributed by atoms with van der Waals surface area (Å²) in [4.78, 5) is 90.9. The summed E-state index contributed by atoms with van der Waals surface area (Å²) in [6.45, 7) is 6.63. The van der Waals surface area contributed by atoms with Crippen LogP contribution in [0.2, 0.25) is 0 Å². The van der Waals surface area contributed by atoms with E-state index in [0.717, 1.165) is 10.5 Å². The van der Waals surface area contributed by atoms with Crippen LogP contribution >= 0.6 is 23.5 Å². The smallest absolute Gasteiger partial charge is 0.257 e. The number of carbonyl (C=O) groups excluding carboxylic acids is 6. The van der Waals surface area contributed by atoms with Crippen molar-refractivity contribution in [2.75, 3.05) is 36.3 Å². The van der Waals surface area contributed by atoms with Crippen LogP contribution in [0.3, 0.4) is 0 Å². The molecule has 0 spiro atoms. The fourth-order valence-electron chi connectivity index (χ4n) is 7.47. The largest absolute Gasteiger partial charge is 0.365 e. The zero-order valence-electron chi connectivity index (χ0n) is 30.5. The number of fused-ring (bicyclic) bond motifs is 5. The zero-order chi connectivity index (χ0) is 38.0. The van der Waals surface area contributed by atoms with Crippen molar-refractivity contribution in [1.29, 1.82) is 0 Å². The molecule has 0 aromatic heterocycles. The van der Waals surface area contributed by atoms with E-state index in [4.69, 9.17) is 0 Å². The van der Waals surface area contributed by atoms with Gasteiger partial charge in [-0.2, -0.15) is 0 Å². The third-order valence-corrected chi connectivity index (χ3v) is 12.6. The minimum absolute atomic E-state index is 0.0305. The van der Waals surface area contributed by atoms with E-state index in [1.807, 2.05) is 58.0 Å². The molecule has 0 unspecified atom stereocenters. The number of rotatable bonds is 6. The van der Waals surface area contributed by atoms with E-state index in [-0.39, 0.29) is 53.6 Å². The van der Waals surface area contributed by atoms with Crippen LogP contribution in [-0.2, 0) is 36.2 Å². The van der Waals surface area contributed by atoms with Crippen molar-refractivity contribution in [2.45, 2.75) is 77.0 Å². The summed E-state index contributed by atoms with van der Waals surface area (Å²) in [6.07, 6.45) is 0.801. The van der Waals surface area contributed by atoms with Gasteiger partial charge >= 0.3 is 0 Å². The first-order chi connectivity index (χ1) is 25.3. The van der Waals surface area contributed by atoms with Crippen molar-refractivity contribution in [3.8, 4) is 0 Å². The van der Waals surface area contributed by atoms with Crippen LogP contribution in [0, 0.1) is 11.8 Å². The summed E-state index contributed by atoms with van der Waals surface area (Å²) >= 11 is 2.86. The van der Waals surface area contributed by atoms with Crippen molar-refractivity contribution in [3.63, 3.8) is 0 Å². The molecule has 15 heteroatoms. The predicted molar refractivity (Wildman–Crippen MR) is 202 cm³/mol. The van der Waals surface area contributed by atoms with Crippen molar-refractivity contribution < 1.29 is 33.9 Å². The highest BCUT2D eigenvalue weighted by Gasteiger charge is 2.52. The standard InChI is InChI=1S/C38H48N6O7S2/c1-5-24(4)32-37(50)43-22-53-19-30(43)36(49)42-21-52-18-29(42)35(48)41(16-25-11-7-6-8-12-25)20-38(51)27-14-10-9-13-26(27)34(47)44(38)17-31(45)39-28(15-23(2)3)33(46)40-32/h6-14,23-24,28-30,32,51H,5,15-22H2,1-4H3,(H,39,45)(H,40,46)/t24-,28-,29-,30-,32-,38-/m0/s1. The van der Waals surface area contributed by atoms with E-state index in [0.29, 0.717) is 17.9 Å². The molecule has 6 atom stereocenters. The number of hydrogen-bond acceptors (Lipinski definition) is 9. The van der Waals surface area contributed by atoms with Gasteiger partial charge in [0.05, 0.1) is 18.3 Å². The Morgan fingerprint density at radius 2 is 1.45 bits per heavy atom. The number of benzene rings is 2. The number of carbonyl (C=O) groups is 6. The topological polar surface area (TPSA) is 160 Å². The Kier molecular flexibility index (Phi) is 11.7. The SMILES string of the molecule is CC[C@H](C)[C@@H]1NC(=O)[C@H](CC(C)C)NC(=O)CN2C(=O)c3ccccc3[C@@]2(O)CN(Cc2ccccc2)C(=O)[C@@H]2CSCN2C(=O)[C@@H]2CSCN2C1=O. The van der Waals surface area contributed by atoms with E-state index in [1.54, 1.807) is 24.3 Å². The highest BCUT2D eigenvalue weighted by molar-refractivity contribution is 7.99. The quantitative estimate of drug-likeness (QED) is 0.401. The third kappa shape index (κ3) is 7.79. The van der Waals surface area contributed by atoms with Gasteiger partial charge < -0.3 is 30.4 Å². The van der Waals surface area contributed by atoms with Crippen LogP contribution in [0.25, 0.3) is 0 Å². The summed E-state index contributed by atoms with van der Waals surface area (Å²) in [5, 5.41) is 18.4. The summed E-state index contributed by atoms with van der Waals surface area (Å²) in [6, 6.07) is 11.9. The van der Waals surface area contributed by atoms with Gasteiger partial charge in [0.1, 0.15) is 30.7 Å². The molecule has 4 heterocycles. The van der Waals surface area contributed by atoms with Gasteiger partial charge in [-0.05, 0) is 29.9 Å². The molecule has 3 fully saturated rings. The van der Waals surface area contributed by atoms with E-state index in [2.05, 4.69) is 10.6 Å². The predicted octanol–water partition coefficient (Wildman–Crippen LogP) is 2.19. The average molecular weight is 765 g/mol. The van der Waals surface area contributed by atoms with Gasteiger partial charge in [0.2, 0.25) is 29.5 Å². The van der Waals surface area contributed by atoms with Gasteiger partial charge in [0.15, 0.2) is 5.72 Å². The van der Waals surface area contributed by atoms with Gasteiger partial charge in [-0.15, -0.1) is 23.5 Å². The van der Waals surface area contributed by atoms with E-state index >= 15 is 0 Å². The second kappa shape index (κ2) is 16.1. The van der Waals surface area contributed by atoms with Crippen LogP contribution in [0.15, 0.2) is 54.6 Å². The summed E-state index contributed by atoms with van der Waals surface area (Å²) < 4.78 is 0. The van der Waals surface area contributed by atoms with Crippen molar-refractivity contribution in [2.24, 2.45) is 11.8 Å². The van der Waals surface area contributed by atoms with Crippen molar-refractivity contribution in [3.05, 3.63) is 71.3 Å². The maximum Gasteiger partial charge on any atom is 0.257 e. The first-order valence-corrected chi connectivity index (χ1v) is 20.5. The van der Waals surface area contributed by atoms with Gasteiger partial charge in [-0.3, -0.25) is 33.7 Å². The molecule has 0 radical (unpaired) electrons. The maximum atomic E-state index is 14.8. The lowest BCUT2D eigenvalue weighted by molar-refractivity contribution is -0.156. The van der Waals surface area contributed by atoms with Gasteiger partial charge in [-0.25, -0.2) is 0 Å². The number of aliphatic hydroxyl groups is 1. The van der Waals surface area contributed by atoms with Crippen molar-refractivity contribution >= 4 is 59.0 Å². The lowest BCUT2D eigenvalue weighted by atomic mass is 9.95. The molecule has 6 amide bonds. The molecule has 53 heavy (non-hydrogen) atoms. The molecule has 4 aliphatic rings. The molecule has 2 aromatic carbocycles. The monoisotopic (exact) mass is 764 g/mol. The zero-order valence-corrected chi connectivity index (χ0v) is 32.2. The van der Waals surface area contributed by atoms with E-state index < -0.39 is 72.5 Å². The van der Waals surface area contributed by atoms with Crippen LogP contribution in [0.4, 0.5) is 0 Å². The first-order valence-electron chi connectivity index (χ1n) is 18.2. The highest BCUT2D eigenvalue weighted by Crippen LogP contribution is 2.39. The number of β-amino-alcohol motifs (C(OH)–C–C–N with tert-alkyl or cyclic N) is 1. The normalized spacial score (nSPS) is 27.9. The Morgan fingerprint density at radius 3 is 2.11 bits per heavy atom. The van der Waals surface area contributed by atoms with Crippen LogP contribution in [-0.4, -0.2) is 121 Å². The first kappa shape index (κ1) is 38.6. The fourth-order valence-corrected chi connectivity index (χ4v) is 9.78. The number of nitrogens with one attached hydrogen (secondary N) is 2. The highest BCUT2D eigenvalue weighted by atomic mass is 32.2. The average Bonchev–Trinajstić information content (AvgIpc) is 3.88. The molecule has 3 saturated heterocycles. The van der Waals surface area contributed by atoms with Gasteiger partial charge in [0.25, 0.3) is 5.91 Å². The lowest BCUT2D eigenvalue weighted by Crippen LogP contribution is -2.62. The molecule has 2 aromatic rings. The van der Waals surface area contributed by atoms with E-state index in [1.165, 1.54) is 38.2 Å². The number of hydrogen-bond donors (Lipinski definition) is 3. The van der Waals surface area contributed by atoms with Gasteiger partial charge in [-0.1, -0.05) is 82.6 Å². The molecular formula is C38H48N6O7S2. The molecule has 0 aliphatic carbocycles. The second-order valence-electron chi connectivity index (χ2n) is 14.7. The molecule has 4 aliphatic heterocycles. The number of nitrogens with zero attached hydrogens (tertiary/aromatic N) is 4. The second-order valence-corrected chi connectivity index (χ2v) is 16.7. The Balaban J connectivity index is 1.45. The summed E-state index contributed by atoms with van der Waals surface area (Å²) in [5.41, 5.74) is -0.916. The van der Waals surface area contributed by atoms with Crippen LogP contribution < -0.4 is 10.6 Å². The van der Waals surface area contributed by atoms with Crippen LogP contribution in [0.1, 0.15) is 62.0 Å². The molecule has 0 bridgehead atoms. The fraction of sp³-hybridized carbons (Fsp3) is 0.526. The molecule has 0 saturated carbocycles. The Labute approximate surface area is 318 Å². The van der Waals surface area contributed by atoms with Gasteiger partial charge in [0, 0.05) is 29.2 Å². The molecule has 6 rings (SSSR count). The van der Waals surface area contributed by atoms with Crippen LogP contribution in [0.5, 0.6) is 0 Å². The third-order valence-electron chi connectivity index (χ3n) is 10.6. The van der Waals surface area contributed by atoms with Crippen molar-refractivity contribution in [1.82, 2.24) is 30.2 Å². The summed E-state index contributed by atoms with van der Waals surface area (Å²) in [5.74, 6) is -2.21. The van der Waals surface area contributed by atoms with E-state index in [9.17, 15) is 33.9 Å². The molecule has 284 valence electrons. The Bertz CT molecular complexity index is 1750. The molecular weight excluding hydrogens is 717 g/mol. The number of thioether (sulfide) groups is 2. The maximum absolute atomic E-state index is 14.8. The lowest BCUT2D eigenvalue weighted by Gasteiger charge is -2.40. The Hall–Kier alpha value is -4.08. The summed E-state index contributed by atoms with van der Waals surface area (Å²) in [7, 11) is 0. The minimum Gasteiger partial charge on any atom is -0.365 e. The molecule has 13 nitrogen and oxygen atoms in total. The molecule has 3 N–H and O–H groups in total. The minimum atomic E-state index is -2.12.